The maximum Gasteiger partial charge on any atom is 0.117 e. The second-order valence-electron chi connectivity index (χ2n) is 4.56. The number of aromatic nitrogens is 2. The second-order valence-corrected chi connectivity index (χ2v) is 4.95. The molecule has 0 radical (unpaired) electrons. The van der Waals surface area contributed by atoms with Crippen LogP contribution in [0.5, 0.6) is 0 Å². The Morgan fingerprint density at radius 1 is 1.26 bits per heavy atom. The Kier molecular flexibility index (Phi) is 3.04. The van der Waals surface area contributed by atoms with Crippen molar-refractivity contribution < 1.29 is 0 Å². The molecule has 0 spiro atoms. The molecule has 1 aromatic carbocycles. The molecule has 0 bridgehead atoms. The number of hydrogen-bond acceptors (Lipinski definition) is 1. The Morgan fingerprint density at radius 2 is 2.11 bits per heavy atom. The van der Waals surface area contributed by atoms with Crippen LogP contribution in [0.15, 0.2) is 24.4 Å². The van der Waals surface area contributed by atoms with Crippen LogP contribution in [0.1, 0.15) is 23.7 Å². The lowest BCUT2D eigenvalue weighted by atomic mass is 10.0. The highest BCUT2D eigenvalue weighted by molar-refractivity contribution is 9.12. The lowest BCUT2D eigenvalue weighted by Gasteiger charge is -2.03. The summed E-state index contributed by atoms with van der Waals surface area (Å²) in [5.41, 5.74) is 5.57. The van der Waals surface area contributed by atoms with Crippen molar-refractivity contribution in [2.75, 3.05) is 0 Å². The van der Waals surface area contributed by atoms with E-state index in [-0.39, 0.29) is 0 Å². The lowest BCUT2D eigenvalue weighted by Crippen LogP contribution is -1.89. The van der Waals surface area contributed by atoms with Gasteiger partial charge in [0.2, 0.25) is 0 Å². The van der Waals surface area contributed by atoms with Crippen LogP contribution >= 0.6 is 15.9 Å². The minimum Gasteiger partial charge on any atom is -0.353 e. The molecular weight excluding hydrogens is 300 g/mol. The SMILES string of the molecule is CCc1cccc2[nH]c3cnc(C#CBr)c(C)c3c12. The fourth-order valence-corrected chi connectivity index (χ4v) is 2.83. The number of halogens is 1. The van der Waals surface area contributed by atoms with Crippen molar-refractivity contribution >= 4 is 37.7 Å². The molecule has 0 unspecified atom stereocenters. The average Bonchev–Trinajstić information content (AvgIpc) is 2.81. The van der Waals surface area contributed by atoms with Gasteiger partial charge in [-0.1, -0.05) is 19.1 Å². The summed E-state index contributed by atoms with van der Waals surface area (Å²) in [5, 5.41) is 2.55. The van der Waals surface area contributed by atoms with Gasteiger partial charge in [-0.2, -0.15) is 0 Å². The highest BCUT2D eigenvalue weighted by Crippen LogP contribution is 2.31. The number of nitrogens with zero attached hydrogens (tertiary/aromatic N) is 1. The number of fused-ring (bicyclic) bond motifs is 3. The highest BCUT2D eigenvalue weighted by Gasteiger charge is 2.12. The molecule has 0 atom stereocenters. The molecule has 0 aliphatic heterocycles. The van der Waals surface area contributed by atoms with E-state index in [1.54, 1.807) is 0 Å². The summed E-state index contributed by atoms with van der Waals surface area (Å²) in [6.07, 6.45) is 2.89. The first-order valence-corrected chi connectivity index (χ1v) is 7.06. The molecule has 0 saturated carbocycles. The number of aromatic amines is 1. The number of nitrogens with one attached hydrogen (secondary N) is 1. The van der Waals surface area contributed by atoms with Crippen LogP contribution < -0.4 is 0 Å². The second kappa shape index (κ2) is 4.71. The van der Waals surface area contributed by atoms with Crippen molar-refractivity contribution in [1.82, 2.24) is 9.97 Å². The van der Waals surface area contributed by atoms with E-state index in [9.17, 15) is 0 Å². The van der Waals surface area contributed by atoms with Crippen molar-refractivity contribution in [2.24, 2.45) is 0 Å². The van der Waals surface area contributed by atoms with Crippen LogP contribution in [-0.2, 0) is 6.42 Å². The predicted molar refractivity (Wildman–Crippen MR) is 83.5 cm³/mol. The third-order valence-electron chi connectivity index (χ3n) is 3.54. The molecule has 0 aliphatic rings. The molecule has 2 nitrogen and oxygen atoms in total. The van der Waals surface area contributed by atoms with E-state index in [2.05, 4.69) is 68.7 Å². The average molecular weight is 313 g/mol. The standard InChI is InChI=1S/C16H13BrN2/c1-3-11-5-4-6-13-16(11)15-10(2)12(7-8-17)18-9-14(15)19-13/h4-6,9,19H,3H2,1-2H3. The number of H-pyrrole nitrogens is 1. The summed E-state index contributed by atoms with van der Waals surface area (Å²) in [4.78, 5) is 10.6. The van der Waals surface area contributed by atoms with Crippen LogP contribution in [0.4, 0.5) is 0 Å². The highest BCUT2D eigenvalue weighted by atomic mass is 79.9. The van der Waals surface area contributed by atoms with Crippen LogP contribution in [0.2, 0.25) is 0 Å². The third-order valence-corrected chi connectivity index (χ3v) is 3.74. The van der Waals surface area contributed by atoms with E-state index < -0.39 is 0 Å². The Bertz CT molecular complexity index is 834. The first-order chi connectivity index (χ1) is 9.26. The number of hydrogen-bond donors (Lipinski definition) is 1. The Balaban J connectivity index is 2.52. The molecule has 0 aliphatic carbocycles. The number of benzene rings is 1. The molecular formula is C16H13BrN2. The fraction of sp³-hybridized carbons (Fsp3) is 0.188. The monoisotopic (exact) mass is 312 g/mol. The zero-order valence-corrected chi connectivity index (χ0v) is 12.4. The minimum atomic E-state index is 0.830. The summed E-state index contributed by atoms with van der Waals surface area (Å²) >= 11 is 3.14. The first kappa shape index (κ1) is 12.3. The van der Waals surface area contributed by atoms with Crippen LogP contribution in [0, 0.1) is 17.7 Å². The zero-order chi connectivity index (χ0) is 13.4. The van der Waals surface area contributed by atoms with E-state index in [0.29, 0.717) is 0 Å². The lowest BCUT2D eigenvalue weighted by molar-refractivity contribution is 1.16. The van der Waals surface area contributed by atoms with Gasteiger partial charge in [-0.15, -0.1) is 0 Å². The molecule has 1 N–H and O–H groups in total. The summed E-state index contributed by atoms with van der Waals surface area (Å²) in [6.45, 7) is 4.27. The third kappa shape index (κ3) is 1.84. The first-order valence-electron chi connectivity index (χ1n) is 6.26. The maximum absolute atomic E-state index is 4.41. The van der Waals surface area contributed by atoms with Gasteiger partial charge in [0.25, 0.3) is 0 Å². The Morgan fingerprint density at radius 3 is 2.84 bits per heavy atom. The van der Waals surface area contributed by atoms with Crippen molar-refractivity contribution in [3.8, 4) is 10.8 Å². The van der Waals surface area contributed by atoms with Crippen LogP contribution in [-0.4, -0.2) is 9.97 Å². The van der Waals surface area contributed by atoms with Gasteiger partial charge in [-0.3, -0.25) is 0 Å². The van der Waals surface area contributed by atoms with Crippen LogP contribution in [0.3, 0.4) is 0 Å². The van der Waals surface area contributed by atoms with E-state index in [1.165, 1.54) is 21.9 Å². The molecule has 3 aromatic rings. The van der Waals surface area contributed by atoms with Gasteiger partial charge in [0.05, 0.1) is 11.7 Å². The molecule has 2 heterocycles. The fourth-order valence-electron chi connectivity index (χ4n) is 2.64. The van der Waals surface area contributed by atoms with Gasteiger partial charge in [-0.05, 0) is 41.3 Å². The van der Waals surface area contributed by atoms with Gasteiger partial charge < -0.3 is 4.98 Å². The summed E-state index contributed by atoms with van der Waals surface area (Å²) in [6, 6.07) is 6.40. The van der Waals surface area contributed by atoms with Gasteiger partial charge in [-0.25, -0.2) is 4.98 Å². The van der Waals surface area contributed by atoms with Crippen molar-refractivity contribution in [2.45, 2.75) is 20.3 Å². The molecule has 0 saturated heterocycles. The molecule has 2 aromatic heterocycles. The quantitative estimate of drug-likeness (QED) is 0.667. The molecule has 19 heavy (non-hydrogen) atoms. The van der Waals surface area contributed by atoms with E-state index in [0.717, 1.165) is 23.2 Å². The summed E-state index contributed by atoms with van der Waals surface area (Å²) < 4.78 is 0. The van der Waals surface area contributed by atoms with E-state index in [1.807, 2.05) is 6.20 Å². The zero-order valence-electron chi connectivity index (χ0n) is 10.8. The summed E-state index contributed by atoms with van der Waals surface area (Å²) in [7, 11) is 0. The molecule has 3 heteroatoms. The topological polar surface area (TPSA) is 28.7 Å². The smallest absolute Gasteiger partial charge is 0.117 e. The van der Waals surface area contributed by atoms with Gasteiger partial charge in [0.15, 0.2) is 0 Å². The van der Waals surface area contributed by atoms with Crippen LogP contribution in [0.25, 0.3) is 21.8 Å². The molecule has 0 amide bonds. The molecule has 3 rings (SSSR count). The summed E-state index contributed by atoms with van der Waals surface area (Å²) in [5.74, 6) is 3.00. The van der Waals surface area contributed by atoms with E-state index >= 15 is 0 Å². The maximum atomic E-state index is 4.41. The number of aryl methyl sites for hydroxylation is 2. The Hall–Kier alpha value is -1.79. The van der Waals surface area contributed by atoms with Gasteiger partial charge in [0.1, 0.15) is 5.69 Å². The van der Waals surface area contributed by atoms with Crippen molar-refractivity contribution in [3.05, 3.63) is 41.2 Å². The predicted octanol–water partition coefficient (Wildman–Crippen LogP) is 4.29. The van der Waals surface area contributed by atoms with Crippen molar-refractivity contribution in [3.63, 3.8) is 0 Å². The minimum absolute atomic E-state index is 0.830. The number of rotatable bonds is 1. The molecule has 94 valence electrons. The normalized spacial score (nSPS) is 10.7. The van der Waals surface area contributed by atoms with Gasteiger partial charge >= 0.3 is 0 Å². The molecule has 0 fully saturated rings. The number of pyridine rings is 1. The Labute approximate surface area is 120 Å². The van der Waals surface area contributed by atoms with Gasteiger partial charge in [0, 0.05) is 32.2 Å². The van der Waals surface area contributed by atoms with E-state index in [4.69, 9.17) is 0 Å². The van der Waals surface area contributed by atoms with Crippen molar-refractivity contribution in [1.29, 1.82) is 0 Å². The largest absolute Gasteiger partial charge is 0.353 e.